The van der Waals surface area contributed by atoms with Crippen LogP contribution in [0.15, 0.2) is 9.31 Å². The van der Waals surface area contributed by atoms with Gasteiger partial charge in [-0.2, -0.15) is 0 Å². The number of aliphatic hydroxyl groups is 1. The van der Waals surface area contributed by atoms with Gasteiger partial charge in [0.1, 0.15) is 16.4 Å². The molecular weight excluding hydrogens is 232 g/mol. The molecule has 2 N–H and O–H groups in total. The summed E-state index contributed by atoms with van der Waals surface area (Å²) in [6.45, 7) is 2.80. The van der Waals surface area contributed by atoms with E-state index in [4.69, 9.17) is 9.52 Å². The molecule has 1 aromatic rings. The molecule has 0 aliphatic heterocycles. The van der Waals surface area contributed by atoms with Crippen LogP contribution in [0.4, 0.5) is 0 Å². The Labute approximate surface area is 94.9 Å². The highest BCUT2D eigenvalue weighted by Crippen LogP contribution is 2.26. The van der Waals surface area contributed by atoms with Crippen LogP contribution in [0.2, 0.25) is 0 Å². The lowest BCUT2D eigenvalue weighted by Gasteiger charge is -2.12. The van der Waals surface area contributed by atoms with E-state index in [0.717, 1.165) is 0 Å². The molecule has 0 unspecified atom stereocenters. The van der Waals surface area contributed by atoms with Gasteiger partial charge >= 0.3 is 0 Å². The minimum absolute atomic E-state index is 0.0150. The number of furan rings is 1. The van der Waals surface area contributed by atoms with Crippen molar-refractivity contribution in [2.24, 2.45) is 0 Å². The van der Waals surface area contributed by atoms with Gasteiger partial charge in [0.15, 0.2) is 0 Å². The van der Waals surface area contributed by atoms with Gasteiger partial charge in [-0.25, -0.2) is 13.4 Å². The molecule has 1 heterocycles. The van der Waals surface area contributed by atoms with Gasteiger partial charge in [0.25, 0.3) is 10.0 Å². The normalized spacial score (nSPS) is 12.4. The van der Waals surface area contributed by atoms with Crippen molar-refractivity contribution in [3.8, 4) is 0 Å². The van der Waals surface area contributed by atoms with Crippen LogP contribution in [-0.2, 0) is 16.6 Å². The Hall–Kier alpha value is -0.890. The summed E-state index contributed by atoms with van der Waals surface area (Å²) >= 11 is 0. The third-order valence-corrected chi connectivity index (χ3v) is 3.73. The van der Waals surface area contributed by atoms with Crippen LogP contribution in [0.3, 0.4) is 0 Å². The molecule has 0 aromatic carbocycles. The van der Waals surface area contributed by atoms with E-state index >= 15 is 0 Å². The highest BCUT2D eigenvalue weighted by molar-refractivity contribution is 7.89. The number of aliphatic hydroxyl groups excluding tert-OH is 1. The summed E-state index contributed by atoms with van der Waals surface area (Å²) in [5, 5.41) is 10.5. The Kier molecular flexibility index (Phi) is 3.74. The van der Waals surface area contributed by atoms with E-state index in [9.17, 15) is 8.42 Å². The Morgan fingerprint density at radius 1 is 1.31 bits per heavy atom. The summed E-state index contributed by atoms with van der Waals surface area (Å²) in [4.78, 5) is 2.31. The third-order valence-electron chi connectivity index (χ3n) is 2.05. The lowest BCUT2D eigenvalue weighted by molar-refractivity contribution is 0.276. The zero-order chi connectivity index (χ0) is 12.5. The maximum atomic E-state index is 11.9. The van der Waals surface area contributed by atoms with E-state index in [2.05, 4.69) is 4.83 Å². The summed E-state index contributed by atoms with van der Waals surface area (Å²) in [6, 6.07) is 0. The molecule has 0 radical (unpaired) electrons. The molecule has 0 bridgehead atoms. The highest BCUT2D eigenvalue weighted by Gasteiger charge is 2.26. The average molecular weight is 248 g/mol. The Balaban J connectivity index is 3.32. The topological polar surface area (TPSA) is 82.8 Å². The van der Waals surface area contributed by atoms with Crippen molar-refractivity contribution in [1.29, 1.82) is 0 Å². The van der Waals surface area contributed by atoms with Crippen LogP contribution in [0.5, 0.6) is 0 Å². The van der Waals surface area contributed by atoms with Crippen molar-refractivity contribution >= 4 is 10.0 Å². The van der Waals surface area contributed by atoms with Crippen LogP contribution < -0.4 is 4.83 Å². The zero-order valence-electron chi connectivity index (χ0n) is 9.73. The first-order valence-corrected chi connectivity index (χ1v) is 6.17. The van der Waals surface area contributed by atoms with Crippen molar-refractivity contribution in [3.63, 3.8) is 0 Å². The Bertz CT molecular complexity index is 476. The van der Waals surface area contributed by atoms with Crippen molar-refractivity contribution < 1.29 is 17.9 Å². The predicted molar refractivity (Wildman–Crippen MR) is 58.1 cm³/mol. The summed E-state index contributed by atoms with van der Waals surface area (Å²) in [7, 11) is -0.554. The van der Waals surface area contributed by atoms with E-state index in [1.54, 1.807) is 27.9 Å². The van der Waals surface area contributed by atoms with Crippen LogP contribution in [-0.4, -0.2) is 32.6 Å². The quantitative estimate of drug-likeness (QED) is 0.741. The lowest BCUT2D eigenvalue weighted by Crippen LogP contribution is -2.36. The summed E-state index contributed by atoms with van der Waals surface area (Å²) in [5.74, 6) is 0.690. The second-order valence-corrected chi connectivity index (χ2v) is 5.27. The van der Waals surface area contributed by atoms with E-state index < -0.39 is 10.0 Å². The first-order chi connectivity index (χ1) is 7.29. The van der Waals surface area contributed by atoms with Gasteiger partial charge in [0.2, 0.25) is 0 Å². The lowest BCUT2D eigenvalue weighted by atomic mass is 10.2. The van der Waals surface area contributed by atoms with Crippen molar-refractivity contribution in [1.82, 2.24) is 9.84 Å². The minimum Gasteiger partial charge on any atom is -0.465 e. The van der Waals surface area contributed by atoms with Crippen LogP contribution in [0.25, 0.3) is 0 Å². The fraction of sp³-hybridized carbons (Fsp3) is 0.556. The van der Waals surface area contributed by atoms with Gasteiger partial charge < -0.3 is 9.52 Å². The number of aryl methyl sites for hydroxylation is 2. The molecule has 16 heavy (non-hydrogen) atoms. The van der Waals surface area contributed by atoms with Crippen LogP contribution in [0, 0.1) is 13.8 Å². The molecule has 0 spiro atoms. The van der Waals surface area contributed by atoms with E-state index in [1.807, 2.05) is 0 Å². The average Bonchev–Trinajstić information content (AvgIpc) is 2.38. The largest absolute Gasteiger partial charge is 0.465 e. The van der Waals surface area contributed by atoms with Crippen LogP contribution in [0.1, 0.15) is 17.1 Å². The maximum absolute atomic E-state index is 11.9. The SMILES string of the molecule is Cc1oc(C)c(S(=O)(=O)NN(C)C)c1CO. The number of hydrazine groups is 1. The smallest absolute Gasteiger partial charge is 0.257 e. The molecule has 92 valence electrons. The summed E-state index contributed by atoms with van der Waals surface area (Å²) < 4.78 is 29.1. The molecule has 1 rings (SSSR count). The number of nitrogens with zero attached hydrogens (tertiary/aromatic N) is 1. The monoisotopic (exact) mass is 248 g/mol. The molecule has 0 fully saturated rings. The zero-order valence-corrected chi connectivity index (χ0v) is 10.6. The van der Waals surface area contributed by atoms with E-state index in [1.165, 1.54) is 5.01 Å². The summed E-state index contributed by atoms with van der Waals surface area (Å²) in [6.07, 6.45) is 0. The number of hydrogen-bond donors (Lipinski definition) is 2. The molecule has 0 amide bonds. The first-order valence-electron chi connectivity index (χ1n) is 4.69. The number of hydrogen-bond acceptors (Lipinski definition) is 5. The highest BCUT2D eigenvalue weighted by atomic mass is 32.2. The van der Waals surface area contributed by atoms with Gasteiger partial charge in [-0.3, -0.25) is 0 Å². The molecule has 0 atom stereocenters. The van der Waals surface area contributed by atoms with E-state index in [-0.39, 0.29) is 17.3 Å². The molecule has 0 aliphatic carbocycles. The van der Waals surface area contributed by atoms with Gasteiger partial charge in [0.05, 0.1) is 6.61 Å². The van der Waals surface area contributed by atoms with Crippen molar-refractivity contribution in [2.45, 2.75) is 25.3 Å². The predicted octanol–water partition coefficient (Wildman–Crippen LogP) is 0.144. The fourth-order valence-corrected chi connectivity index (χ4v) is 3.06. The molecule has 0 aliphatic rings. The number of rotatable bonds is 4. The van der Waals surface area contributed by atoms with Crippen LogP contribution >= 0.6 is 0 Å². The second kappa shape index (κ2) is 4.54. The molecule has 0 saturated heterocycles. The maximum Gasteiger partial charge on any atom is 0.257 e. The van der Waals surface area contributed by atoms with Crippen molar-refractivity contribution in [3.05, 3.63) is 17.1 Å². The van der Waals surface area contributed by atoms with Gasteiger partial charge in [-0.05, 0) is 13.8 Å². The van der Waals surface area contributed by atoms with E-state index in [0.29, 0.717) is 11.3 Å². The number of nitrogens with one attached hydrogen (secondary N) is 1. The van der Waals surface area contributed by atoms with Crippen molar-refractivity contribution in [2.75, 3.05) is 14.1 Å². The fourth-order valence-electron chi connectivity index (χ4n) is 1.53. The molecular formula is C9H16N2O4S. The van der Waals surface area contributed by atoms with Gasteiger partial charge in [-0.15, -0.1) is 4.83 Å². The molecule has 6 nitrogen and oxygen atoms in total. The standard InChI is InChI=1S/C9H16N2O4S/c1-6-8(5-12)9(7(2)15-6)16(13,14)10-11(3)4/h10,12H,5H2,1-4H3. The molecule has 7 heteroatoms. The minimum atomic E-state index is -3.69. The Morgan fingerprint density at radius 2 is 1.88 bits per heavy atom. The summed E-state index contributed by atoms with van der Waals surface area (Å²) in [5.41, 5.74) is 0.298. The Morgan fingerprint density at radius 3 is 2.31 bits per heavy atom. The molecule has 0 saturated carbocycles. The third kappa shape index (κ3) is 2.43. The van der Waals surface area contributed by atoms with Gasteiger partial charge in [0, 0.05) is 19.7 Å². The van der Waals surface area contributed by atoms with Gasteiger partial charge in [-0.1, -0.05) is 0 Å². The second-order valence-electron chi connectivity index (χ2n) is 3.67. The number of sulfonamides is 1. The molecule has 1 aromatic heterocycles. The first kappa shape index (κ1) is 13.2.